The van der Waals surface area contributed by atoms with Gasteiger partial charge in [-0.1, -0.05) is 6.07 Å². The van der Waals surface area contributed by atoms with Gasteiger partial charge in [0, 0.05) is 11.1 Å². The third-order valence-corrected chi connectivity index (χ3v) is 7.21. The summed E-state index contributed by atoms with van der Waals surface area (Å²) >= 11 is 0. The van der Waals surface area contributed by atoms with Gasteiger partial charge >= 0.3 is 0 Å². The van der Waals surface area contributed by atoms with Crippen molar-refractivity contribution in [2.24, 2.45) is 20.5 Å². The monoisotopic (exact) mass is 555 g/mol. The van der Waals surface area contributed by atoms with Crippen LogP contribution in [-0.4, -0.2) is 31.0 Å². The van der Waals surface area contributed by atoms with Crippen LogP contribution in [0.2, 0.25) is 0 Å². The van der Waals surface area contributed by atoms with Gasteiger partial charge in [-0.3, -0.25) is 9.11 Å². The van der Waals surface area contributed by atoms with Crippen LogP contribution in [-0.2, 0) is 20.2 Å². The molecule has 4 aromatic rings. The van der Waals surface area contributed by atoms with Gasteiger partial charge in [-0.05, 0) is 85.0 Å². The second-order valence-electron chi connectivity index (χ2n) is 8.34. The number of aryl methyl sites for hydroxylation is 2. The molecule has 4 aromatic carbocycles. The lowest BCUT2D eigenvalue weighted by molar-refractivity contribution is 0.481. The van der Waals surface area contributed by atoms with Gasteiger partial charge in [0.2, 0.25) is 0 Å². The minimum Gasteiger partial charge on any atom is -0.505 e. The molecule has 0 fully saturated rings. The molecule has 0 saturated carbocycles. The van der Waals surface area contributed by atoms with E-state index in [1.165, 1.54) is 24.3 Å². The van der Waals surface area contributed by atoms with E-state index in [1.807, 2.05) is 0 Å². The molecule has 0 aliphatic carbocycles. The van der Waals surface area contributed by atoms with E-state index < -0.39 is 30.0 Å². The van der Waals surface area contributed by atoms with Gasteiger partial charge in [-0.2, -0.15) is 21.9 Å². The zero-order chi connectivity index (χ0) is 27.8. The van der Waals surface area contributed by atoms with Gasteiger partial charge in [0.05, 0.1) is 5.69 Å². The van der Waals surface area contributed by atoms with Gasteiger partial charge in [0.15, 0.2) is 5.75 Å². The predicted octanol–water partition coefficient (Wildman–Crippen LogP) is 6.07. The predicted molar refractivity (Wildman–Crippen MR) is 140 cm³/mol. The Labute approximate surface area is 217 Å². The number of benzene rings is 4. The van der Waals surface area contributed by atoms with E-state index in [0.717, 1.165) is 6.07 Å². The van der Waals surface area contributed by atoms with E-state index in [9.17, 15) is 31.0 Å². The fourth-order valence-electron chi connectivity index (χ4n) is 3.64. The molecule has 0 radical (unpaired) electrons. The Morgan fingerprint density at radius 2 is 1.32 bits per heavy atom. The van der Waals surface area contributed by atoms with Crippen molar-refractivity contribution in [3.05, 3.63) is 71.8 Å². The summed E-state index contributed by atoms with van der Waals surface area (Å²) in [6.45, 7) is 3.30. The van der Waals surface area contributed by atoms with Crippen LogP contribution in [0.5, 0.6) is 5.75 Å². The number of hydrogen-bond donors (Lipinski definition) is 4. The number of azo groups is 2. The summed E-state index contributed by atoms with van der Waals surface area (Å²) in [7, 11) is -9.41. The molecule has 4 rings (SSSR count). The molecule has 38 heavy (non-hydrogen) atoms. The molecular formula is C24H21N5O7S2. The van der Waals surface area contributed by atoms with Crippen LogP contribution in [0.3, 0.4) is 0 Å². The van der Waals surface area contributed by atoms with Crippen LogP contribution < -0.4 is 5.73 Å². The average Bonchev–Trinajstić information content (AvgIpc) is 2.82. The van der Waals surface area contributed by atoms with Crippen molar-refractivity contribution >= 4 is 59.4 Å². The van der Waals surface area contributed by atoms with Crippen molar-refractivity contribution in [3.8, 4) is 5.75 Å². The summed E-state index contributed by atoms with van der Waals surface area (Å²) in [5, 5.41) is 27.4. The van der Waals surface area contributed by atoms with E-state index >= 15 is 0 Å². The van der Waals surface area contributed by atoms with Gasteiger partial charge in [0.1, 0.15) is 26.9 Å². The zero-order valence-electron chi connectivity index (χ0n) is 19.9. The summed E-state index contributed by atoms with van der Waals surface area (Å²) < 4.78 is 66.7. The first kappa shape index (κ1) is 26.8. The summed E-state index contributed by atoms with van der Waals surface area (Å²) in [6, 6.07) is 14.2. The normalized spacial score (nSPS) is 12.6. The highest BCUT2D eigenvalue weighted by Gasteiger charge is 2.19. The maximum atomic E-state index is 12.1. The molecule has 0 aliphatic rings. The Balaban J connectivity index is 1.75. The lowest BCUT2D eigenvalue weighted by atomic mass is 10.0. The van der Waals surface area contributed by atoms with Crippen LogP contribution in [0.4, 0.5) is 28.4 Å². The molecule has 0 aliphatic heterocycles. The minimum absolute atomic E-state index is 0.0687. The molecule has 0 atom stereocenters. The van der Waals surface area contributed by atoms with Crippen LogP contribution in [0.25, 0.3) is 10.8 Å². The lowest BCUT2D eigenvalue weighted by Crippen LogP contribution is -1.99. The second-order valence-corrected chi connectivity index (χ2v) is 11.1. The molecule has 12 nitrogen and oxygen atoms in total. The summed E-state index contributed by atoms with van der Waals surface area (Å²) in [4.78, 5) is -1.13. The molecular weight excluding hydrogens is 534 g/mol. The molecule has 0 heterocycles. The third-order valence-electron chi connectivity index (χ3n) is 5.45. The molecule has 5 N–H and O–H groups in total. The molecule has 0 spiro atoms. The number of aromatic hydroxyl groups is 1. The van der Waals surface area contributed by atoms with E-state index in [4.69, 9.17) is 5.73 Å². The number of fused-ring (bicyclic) bond motifs is 1. The molecule has 0 bridgehead atoms. The van der Waals surface area contributed by atoms with Crippen molar-refractivity contribution in [1.82, 2.24) is 0 Å². The number of nitrogen functional groups attached to an aromatic ring is 1. The summed E-state index contributed by atoms with van der Waals surface area (Å²) in [5.41, 5.74) is 6.98. The number of nitrogens with two attached hydrogens (primary N) is 1. The van der Waals surface area contributed by atoms with E-state index in [-0.39, 0.29) is 28.5 Å². The first-order chi connectivity index (χ1) is 17.7. The fourth-order valence-corrected chi connectivity index (χ4v) is 4.99. The zero-order valence-corrected chi connectivity index (χ0v) is 21.6. The van der Waals surface area contributed by atoms with Crippen molar-refractivity contribution in [3.63, 3.8) is 0 Å². The lowest BCUT2D eigenvalue weighted by Gasteiger charge is -2.08. The minimum atomic E-state index is -4.81. The Bertz CT molecular complexity index is 1870. The number of phenolic OH excluding ortho intramolecular Hbond substituents is 1. The number of nitrogens with zero attached hydrogens (tertiary/aromatic N) is 4. The average molecular weight is 556 g/mol. The molecule has 0 amide bonds. The SMILES string of the molecule is Cc1ccc(N=Nc2ccc(N=Nc3c(C)cc4cc(N)ccc4c3O)c(S(=O)(=O)O)c2)c(S(=O)(=O)O)c1. The molecule has 0 saturated heterocycles. The number of rotatable bonds is 6. The number of hydrogen-bond acceptors (Lipinski definition) is 10. The van der Waals surface area contributed by atoms with E-state index in [0.29, 0.717) is 27.6 Å². The van der Waals surface area contributed by atoms with Crippen LogP contribution >= 0.6 is 0 Å². The fraction of sp³-hybridized carbons (Fsp3) is 0.0833. The maximum Gasteiger partial charge on any atom is 0.296 e. The van der Waals surface area contributed by atoms with E-state index in [2.05, 4.69) is 20.5 Å². The highest BCUT2D eigenvalue weighted by Crippen LogP contribution is 2.40. The first-order valence-corrected chi connectivity index (χ1v) is 13.7. The smallest absolute Gasteiger partial charge is 0.296 e. The Morgan fingerprint density at radius 1 is 0.711 bits per heavy atom. The molecule has 196 valence electrons. The van der Waals surface area contributed by atoms with Gasteiger partial charge < -0.3 is 10.8 Å². The van der Waals surface area contributed by atoms with E-state index in [1.54, 1.807) is 44.2 Å². The first-order valence-electron chi connectivity index (χ1n) is 10.8. The topological polar surface area (TPSA) is 204 Å². The van der Waals surface area contributed by atoms with Crippen molar-refractivity contribution in [1.29, 1.82) is 0 Å². The number of phenols is 1. The maximum absolute atomic E-state index is 12.1. The van der Waals surface area contributed by atoms with Crippen LogP contribution in [0.1, 0.15) is 11.1 Å². The second kappa shape index (κ2) is 9.90. The van der Waals surface area contributed by atoms with Crippen LogP contribution in [0.15, 0.2) is 90.9 Å². The summed E-state index contributed by atoms with van der Waals surface area (Å²) in [5.74, 6) is -0.185. The standard InChI is InChI=1S/C24H21N5O7S2/c1-13-3-7-19(21(9-13)37(31,32)33)27-26-17-5-8-20(22(12-17)38(34,35)36)28-29-23-14(2)10-15-11-16(25)4-6-18(15)24(23)30/h3-12,30H,25H2,1-2H3,(H,31,32,33)(H,34,35,36). The van der Waals surface area contributed by atoms with Crippen LogP contribution in [0, 0.1) is 13.8 Å². The largest absolute Gasteiger partial charge is 0.505 e. The Kier molecular flexibility index (Phi) is 6.99. The Morgan fingerprint density at radius 3 is 1.97 bits per heavy atom. The quantitative estimate of drug-likeness (QED) is 0.124. The van der Waals surface area contributed by atoms with Crippen molar-refractivity contribution in [2.45, 2.75) is 23.6 Å². The van der Waals surface area contributed by atoms with Gasteiger partial charge in [-0.15, -0.1) is 15.3 Å². The number of anilines is 1. The van der Waals surface area contributed by atoms with Crippen molar-refractivity contribution in [2.75, 3.05) is 5.73 Å². The molecule has 0 aromatic heterocycles. The van der Waals surface area contributed by atoms with Gasteiger partial charge in [0.25, 0.3) is 20.2 Å². The third kappa shape index (κ3) is 5.68. The highest BCUT2D eigenvalue weighted by atomic mass is 32.2. The molecule has 14 heteroatoms. The van der Waals surface area contributed by atoms with Crippen molar-refractivity contribution < 1.29 is 31.0 Å². The Hall–Kier alpha value is -4.24. The highest BCUT2D eigenvalue weighted by molar-refractivity contribution is 7.86. The molecule has 0 unspecified atom stereocenters. The van der Waals surface area contributed by atoms with Gasteiger partial charge in [-0.25, -0.2) is 0 Å². The summed E-state index contributed by atoms with van der Waals surface area (Å²) in [6.07, 6.45) is 0.